The molecule has 4 heteroatoms. The van der Waals surface area contributed by atoms with Crippen LogP contribution in [0.25, 0.3) is 0 Å². The van der Waals surface area contributed by atoms with Crippen molar-refractivity contribution in [1.82, 2.24) is 15.1 Å². The highest BCUT2D eigenvalue weighted by atomic mass is 79.9. The van der Waals surface area contributed by atoms with Gasteiger partial charge < -0.3 is 5.32 Å². The Kier molecular flexibility index (Phi) is 4.77. The van der Waals surface area contributed by atoms with E-state index in [4.69, 9.17) is 0 Å². The number of nitrogens with one attached hydrogen (secondary N) is 1. The highest BCUT2D eigenvalue weighted by molar-refractivity contribution is 9.10. The lowest BCUT2D eigenvalue weighted by atomic mass is 10.0. The number of aromatic nitrogens is 2. The summed E-state index contributed by atoms with van der Waals surface area (Å²) in [6, 6.07) is 11.2. The molecule has 0 aliphatic rings. The smallest absolute Gasteiger partial charge is 0.0643 e. The number of likely N-dealkylation sites (N-methyl/N-ethyl adjacent to an activating group) is 1. The fourth-order valence-electron chi connectivity index (χ4n) is 2.09. The van der Waals surface area contributed by atoms with Gasteiger partial charge in [-0.25, -0.2) is 0 Å². The third kappa shape index (κ3) is 3.67. The molecule has 1 aromatic heterocycles. The van der Waals surface area contributed by atoms with Crippen LogP contribution in [0.3, 0.4) is 0 Å². The van der Waals surface area contributed by atoms with E-state index in [1.54, 1.807) is 0 Å². The van der Waals surface area contributed by atoms with Gasteiger partial charge in [-0.1, -0.05) is 28.1 Å². The summed E-state index contributed by atoms with van der Waals surface area (Å²) in [4.78, 5) is 0. The van der Waals surface area contributed by atoms with Crippen molar-refractivity contribution in [2.45, 2.75) is 32.4 Å². The van der Waals surface area contributed by atoms with Gasteiger partial charge in [-0.05, 0) is 44.7 Å². The highest BCUT2D eigenvalue weighted by Crippen LogP contribution is 2.21. The third-order valence-corrected chi connectivity index (χ3v) is 3.70. The third-order valence-electron chi connectivity index (χ3n) is 3.21. The fraction of sp³-hybridized carbons (Fsp3) is 0.400. The van der Waals surface area contributed by atoms with Crippen LogP contribution >= 0.6 is 15.9 Å². The van der Waals surface area contributed by atoms with Gasteiger partial charge >= 0.3 is 0 Å². The molecule has 1 atom stereocenters. The van der Waals surface area contributed by atoms with Crippen LogP contribution in [-0.4, -0.2) is 16.8 Å². The minimum Gasteiger partial charge on any atom is -0.313 e. The largest absolute Gasteiger partial charge is 0.313 e. The van der Waals surface area contributed by atoms with E-state index >= 15 is 0 Å². The van der Waals surface area contributed by atoms with E-state index in [9.17, 15) is 0 Å². The summed E-state index contributed by atoms with van der Waals surface area (Å²) in [5, 5.41) is 7.97. The van der Waals surface area contributed by atoms with Crippen molar-refractivity contribution in [3.63, 3.8) is 0 Å². The Morgan fingerprint density at radius 3 is 2.68 bits per heavy atom. The highest BCUT2D eigenvalue weighted by Gasteiger charge is 2.12. The molecule has 0 aliphatic heterocycles. The number of nitrogens with zero attached hydrogens (tertiary/aromatic N) is 2. The lowest BCUT2D eigenvalue weighted by Gasteiger charge is -2.16. The van der Waals surface area contributed by atoms with Crippen LogP contribution in [0, 0.1) is 0 Å². The molecule has 0 spiro atoms. The van der Waals surface area contributed by atoms with Crippen LogP contribution in [0.4, 0.5) is 0 Å². The van der Waals surface area contributed by atoms with E-state index in [0.717, 1.165) is 16.6 Å². The lowest BCUT2D eigenvalue weighted by molar-refractivity contribution is 0.515. The quantitative estimate of drug-likeness (QED) is 0.909. The summed E-state index contributed by atoms with van der Waals surface area (Å²) >= 11 is 3.52. The van der Waals surface area contributed by atoms with Crippen LogP contribution in [0.1, 0.15) is 37.2 Å². The summed E-state index contributed by atoms with van der Waals surface area (Å²) in [6.45, 7) is 4.28. The molecule has 1 heterocycles. The van der Waals surface area contributed by atoms with Gasteiger partial charge in [0.05, 0.1) is 5.69 Å². The maximum absolute atomic E-state index is 4.61. The van der Waals surface area contributed by atoms with Crippen LogP contribution in [0.2, 0.25) is 0 Å². The second-order valence-electron chi connectivity index (χ2n) is 4.98. The maximum Gasteiger partial charge on any atom is 0.0643 e. The van der Waals surface area contributed by atoms with Crippen molar-refractivity contribution >= 4 is 15.9 Å². The Balaban J connectivity index is 2.14. The van der Waals surface area contributed by atoms with Crippen LogP contribution in [0.15, 0.2) is 41.0 Å². The molecule has 0 radical (unpaired) electrons. The summed E-state index contributed by atoms with van der Waals surface area (Å²) in [5.74, 6) is 0. The molecular weight excluding hydrogens is 302 g/mol. The second-order valence-corrected chi connectivity index (χ2v) is 5.90. The van der Waals surface area contributed by atoms with Crippen LogP contribution in [-0.2, 0) is 6.42 Å². The first-order valence-corrected chi connectivity index (χ1v) is 7.36. The van der Waals surface area contributed by atoms with Gasteiger partial charge in [-0.2, -0.15) is 5.10 Å². The molecular formula is C15H20BrN3. The zero-order chi connectivity index (χ0) is 13.8. The number of rotatable bonds is 5. The Morgan fingerprint density at radius 1 is 1.32 bits per heavy atom. The molecule has 0 fully saturated rings. The minimum atomic E-state index is 0.285. The molecule has 2 rings (SSSR count). The zero-order valence-electron chi connectivity index (χ0n) is 11.6. The number of benzene rings is 1. The predicted octanol–water partition coefficient (Wildman–Crippen LogP) is 3.73. The van der Waals surface area contributed by atoms with Gasteiger partial charge in [-0.15, -0.1) is 0 Å². The monoisotopic (exact) mass is 321 g/mol. The van der Waals surface area contributed by atoms with Gasteiger partial charge in [0.15, 0.2) is 0 Å². The standard InChI is InChI=1S/C15H20BrN3/c1-11(2)19-8-7-14(18-19)10-15(17-3)12-5-4-6-13(16)9-12/h4-9,11,15,17H,10H2,1-3H3. The van der Waals surface area contributed by atoms with Crippen molar-refractivity contribution in [2.24, 2.45) is 0 Å². The van der Waals surface area contributed by atoms with Crippen LogP contribution in [0.5, 0.6) is 0 Å². The van der Waals surface area contributed by atoms with E-state index in [1.165, 1.54) is 5.56 Å². The normalized spacial score (nSPS) is 12.9. The predicted molar refractivity (Wildman–Crippen MR) is 82.3 cm³/mol. The van der Waals surface area contributed by atoms with Gasteiger partial charge in [0.1, 0.15) is 0 Å². The molecule has 0 saturated heterocycles. The van der Waals surface area contributed by atoms with Gasteiger partial charge in [0, 0.05) is 29.2 Å². The fourth-order valence-corrected chi connectivity index (χ4v) is 2.51. The molecule has 3 nitrogen and oxygen atoms in total. The summed E-state index contributed by atoms with van der Waals surface area (Å²) in [7, 11) is 1.99. The number of hydrogen-bond acceptors (Lipinski definition) is 2. The van der Waals surface area contributed by atoms with Crippen LogP contribution < -0.4 is 5.32 Å². The first-order chi connectivity index (χ1) is 9.10. The van der Waals surface area contributed by atoms with Gasteiger partial charge in [0.25, 0.3) is 0 Å². The summed E-state index contributed by atoms with van der Waals surface area (Å²) in [6.07, 6.45) is 2.94. The molecule has 102 valence electrons. The Labute approximate surface area is 123 Å². The first-order valence-electron chi connectivity index (χ1n) is 6.57. The van der Waals surface area contributed by atoms with Gasteiger partial charge in [-0.3, -0.25) is 4.68 Å². The summed E-state index contributed by atoms with van der Waals surface area (Å²) in [5.41, 5.74) is 2.39. The molecule has 2 aromatic rings. The molecule has 0 bridgehead atoms. The Hall–Kier alpha value is -1.13. The number of halogens is 1. The minimum absolute atomic E-state index is 0.285. The lowest BCUT2D eigenvalue weighted by Crippen LogP contribution is -2.19. The molecule has 1 aromatic carbocycles. The second kappa shape index (κ2) is 6.35. The molecule has 19 heavy (non-hydrogen) atoms. The van der Waals surface area contributed by atoms with E-state index in [2.05, 4.69) is 64.5 Å². The zero-order valence-corrected chi connectivity index (χ0v) is 13.2. The SMILES string of the molecule is CNC(Cc1ccn(C(C)C)n1)c1cccc(Br)c1. The maximum atomic E-state index is 4.61. The van der Waals surface area contributed by atoms with Gasteiger partial charge in [0.2, 0.25) is 0 Å². The Morgan fingerprint density at radius 2 is 2.11 bits per heavy atom. The van der Waals surface area contributed by atoms with E-state index < -0.39 is 0 Å². The van der Waals surface area contributed by atoms with Crippen molar-refractivity contribution < 1.29 is 0 Å². The molecule has 1 N–H and O–H groups in total. The summed E-state index contributed by atoms with van der Waals surface area (Å²) < 4.78 is 3.11. The number of hydrogen-bond donors (Lipinski definition) is 1. The molecule has 0 aliphatic carbocycles. The van der Waals surface area contributed by atoms with E-state index in [-0.39, 0.29) is 6.04 Å². The molecule has 1 unspecified atom stereocenters. The molecule has 0 amide bonds. The first kappa shape index (κ1) is 14.3. The Bertz CT molecular complexity index is 534. The molecule has 0 saturated carbocycles. The topological polar surface area (TPSA) is 29.9 Å². The average molecular weight is 322 g/mol. The van der Waals surface area contributed by atoms with Crippen molar-refractivity contribution in [3.8, 4) is 0 Å². The van der Waals surface area contributed by atoms with Crippen molar-refractivity contribution in [1.29, 1.82) is 0 Å². The average Bonchev–Trinajstić information content (AvgIpc) is 2.84. The van der Waals surface area contributed by atoms with E-state index in [1.807, 2.05) is 24.0 Å². The van der Waals surface area contributed by atoms with E-state index in [0.29, 0.717) is 6.04 Å². The van der Waals surface area contributed by atoms with Crippen molar-refractivity contribution in [3.05, 3.63) is 52.3 Å². The van der Waals surface area contributed by atoms with Crippen molar-refractivity contribution in [2.75, 3.05) is 7.05 Å².